The van der Waals surface area contributed by atoms with Crippen LogP contribution in [0.25, 0.3) is 0 Å². The molecule has 18 heavy (non-hydrogen) atoms. The fourth-order valence-electron chi connectivity index (χ4n) is 1.90. The van der Waals surface area contributed by atoms with Crippen molar-refractivity contribution in [2.45, 2.75) is 24.4 Å². The molecule has 1 aromatic heterocycles. The molecule has 1 fully saturated rings. The molecule has 1 aliphatic heterocycles. The van der Waals surface area contributed by atoms with E-state index in [1.54, 1.807) is 0 Å². The Balaban J connectivity index is 2.42. The maximum Gasteiger partial charge on any atom is 0.351 e. The lowest BCUT2D eigenvalue weighted by Crippen LogP contribution is -2.37. The lowest BCUT2D eigenvalue weighted by atomic mass is 10.0. The van der Waals surface area contributed by atoms with Crippen LogP contribution in [0.4, 0.5) is 10.2 Å². The van der Waals surface area contributed by atoms with E-state index >= 15 is 0 Å². The van der Waals surface area contributed by atoms with Gasteiger partial charge in [0, 0.05) is 12.1 Å². The van der Waals surface area contributed by atoms with Crippen molar-refractivity contribution >= 4 is 17.4 Å². The van der Waals surface area contributed by atoms with Gasteiger partial charge < -0.3 is 15.6 Å². The van der Waals surface area contributed by atoms with E-state index in [1.807, 2.05) is 0 Å². The van der Waals surface area contributed by atoms with Crippen LogP contribution >= 0.6 is 11.6 Å². The van der Waals surface area contributed by atoms with Crippen LogP contribution in [-0.2, 0) is 4.74 Å². The van der Waals surface area contributed by atoms with Gasteiger partial charge in [0.1, 0.15) is 5.82 Å². The smallest absolute Gasteiger partial charge is 0.351 e. The van der Waals surface area contributed by atoms with Crippen molar-refractivity contribution in [2.24, 2.45) is 5.92 Å². The molecule has 2 heterocycles. The number of aliphatic hydroxyl groups excluding tert-OH is 1. The average Bonchev–Trinajstić information content (AvgIpc) is 2.52. The van der Waals surface area contributed by atoms with E-state index in [2.05, 4.69) is 4.98 Å². The van der Waals surface area contributed by atoms with Crippen LogP contribution in [0, 0.1) is 5.92 Å². The first-order valence-corrected chi connectivity index (χ1v) is 5.74. The number of hydrogen-bond acceptors (Lipinski definition) is 5. The molecule has 0 amide bonds. The zero-order valence-electron chi connectivity index (χ0n) is 9.59. The molecule has 6 nitrogen and oxygen atoms in total. The summed E-state index contributed by atoms with van der Waals surface area (Å²) in [5.41, 5.74) is 4.59. The average molecular weight is 278 g/mol. The summed E-state index contributed by atoms with van der Waals surface area (Å²) in [6, 6.07) is 1.34. The molecule has 0 saturated carbocycles. The Morgan fingerprint density at radius 1 is 1.78 bits per heavy atom. The van der Waals surface area contributed by atoms with Gasteiger partial charge in [-0.1, -0.05) is 18.5 Å². The minimum Gasteiger partial charge on any atom is -0.394 e. The highest BCUT2D eigenvalue weighted by Gasteiger charge is 2.55. The molecule has 100 valence electrons. The predicted molar refractivity (Wildman–Crippen MR) is 62.8 cm³/mol. The van der Waals surface area contributed by atoms with Gasteiger partial charge in [-0.15, -0.1) is 0 Å². The molecule has 8 heteroatoms. The summed E-state index contributed by atoms with van der Waals surface area (Å²) in [7, 11) is 0. The second kappa shape index (κ2) is 4.49. The standard InChI is InChI=1S/C10H13ClFN3O3/c1-5-6(4-16)18-8(10(5,11)12)15-3-2-7(13)14-9(15)17/h2-3,5-6,8,16H,4H2,1H3,(H2,13,14,17). The fourth-order valence-corrected chi connectivity index (χ4v) is 2.20. The molecule has 4 atom stereocenters. The molecule has 1 aromatic rings. The van der Waals surface area contributed by atoms with E-state index in [0.717, 1.165) is 4.57 Å². The number of nitrogen functional groups attached to an aromatic ring is 1. The summed E-state index contributed by atoms with van der Waals surface area (Å²) in [6.07, 6.45) is -0.854. The minimum atomic E-state index is -2.30. The maximum absolute atomic E-state index is 14.4. The third-order valence-electron chi connectivity index (χ3n) is 3.08. The van der Waals surface area contributed by atoms with E-state index in [0.29, 0.717) is 0 Å². The van der Waals surface area contributed by atoms with E-state index in [9.17, 15) is 9.18 Å². The van der Waals surface area contributed by atoms with Gasteiger partial charge in [0.25, 0.3) is 0 Å². The highest BCUT2D eigenvalue weighted by molar-refractivity contribution is 6.23. The van der Waals surface area contributed by atoms with Crippen LogP contribution in [0.3, 0.4) is 0 Å². The number of nitrogens with two attached hydrogens (primary N) is 1. The van der Waals surface area contributed by atoms with Crippen LogP contribution < -0.4 is 11.4 Å². The molecule has 0 spiro atoms. The Morgan fingerprint density at radius 3 is 2.94 bits per heavy atom. The lowest BCUT2D eigenvalue weighted by molar-refractivity contribution is -0.0478. The number of alkyl halides is 2. The van der Waals surface area contributed by atoms with Gasteiger partial charge in [-0.25, -0.2) is 9.18 Å². The van der Waals surface area contributed by atoms with Gasteiger partial charge in [0.15, 0.2) is 6.23 Å². The van der Waals surface area contributed by atoms with Crippen LogP contribution in [0.15, 0.2) is 17.1 Å². The van der Waals surface area contributed by atoms with E-state index in [4.69, 9.17) is 27.2 Å². The molecule has 0 aliphatic carbocycles. The van der Waals surface area contributed by atoms with E-state index in [1.165, 1.54) is 19.2 Å². The number of anilines is 1. The van der Waals surface area contributed by atoms with Crippen molar-refractivity contribution in [1.29, 1.82) is 0 Å². The van der Waals surface area contributed by atoms with E-state index < -0.39 is 29.1 Å². The summed E-state index contributed by atoms with van der Waals surface area (Å²) in [5.74, 6) is -0.737. The predicted octanol–water partition coefficient (Wildman–Crippen LogP) is 0.256. The van der Waals surface area contributed by atoms with Gasteiger partial charge in [-0.3, -0.25) is 4.57 Å². The van der Waals surface area contributed by atoms with Gasteiger partial charge in [0.05, 0.1) is 12.7 Å². The van der Waals surface area contributed by atoms with Crippen LogP contribution in [0.2, 0.25) is 0 Å². The highest BCUT2D eigenvalue weighted by Crippen LogP contribution is 2.47. The Hall–Kier alpha value is -1.18. The Bertz CT molecular complexity index is 507. The maximum atomic E-state index is 14.4. The largest absolute Gasteiger partial charge is 0.394 e. The lowest BCUT2D eigenvalue weighted by Gasteiger charge is -2.23. The summed E-state index contributed by atoms with van der Waals surface area (Å²) in [4.78, 5) is 15.1. The third-order valence-corrected chi connectivity index (χ3v) is 3.61. The first-order valence-electron chi connectivity index (χ1n) is 5.36. The number of hydrogen-bond donors (Lipinski definition) is 2. The van der Waals surface area contributed by atoms with Gasteiger partial charge in [-0.2, -0.15) is 4.98 Å². The van der Waals surface area contributed by atoms with Gasteiger partial charge >= 0.3 is 5.69 Å². The molecule has 0 radical (unpaired) electrons. The minimum absolute atomic E-state index is 0.0278. The topological polar surface area (TPSA) is 90.4 Å². The summed E-state index contributed by atoms with van der Waals surface area (Å²) < 4.78 is 20.6. The SMILES string of the molecule is CC1C(CO)OC(n2ccc(N)nc2=O)C1(F)Cl. The van der Waals surface area contributed by atoms with Crippen molar-refractivity contribution < 1.29 is 14.2 Å². The number of nitrogens with zero attached hydrogens (tertiary/aromatic N) is 2. The number of ether oxygens (including phenoxy) is 1. The molecule has 1 saturated heterocycles. The van der Waals surface area contributed by atoms with Gasteiger partial charge in [-0.05, 0) is 6.07 Å². The van der Waals surface area contributed by atoms with Crippen LogP contribution in [0.1, 0.15) is 13.2 Å². The zero-order chi connectivity index (χ0) is 13.5. The highest BCUT2D eigenvalue weighted by atomic mass is 35.5. The van der Waals surface area contributed by atoms with Crippen molar-refractivity contribution in [3.63, 3.8) is 0 Å². The van der Waals surface area contributed by atoms with Crippen molar-refractivity contribution in [3.8, 4) is 0 Å². The summed E-state index contributed by atoms with van der Waals surface area (Å²) in [6.45, 7) is 1.12. The quantitative estimate of drug-likeness (QED) is 0.757. The summed E-state index contributed by atoms with van der Waals surface area (Å²) in [5, 5.41) is 6.78. The number of rotatable bonds is 2. The van der Waals surface area contributed by atoms with Crippen LogP contribution in [-0.4, -0.2) is 32.5 Å². The summed E-state index contributed by atoms with van der Waals surface area (Å²) >= 11 is 5.78. The van der Waals surface area contributed by atoms with Crippen molar-refractivity contribution in [3.05, 3.63) is 22.7 Å². The fraction of sp³-hybridized carbons (Fsp3) is 0.600. The molecule has 0 bridgehead atoms. The Labute approximate surface area is 107 Å². The number of halogens is 2. The van der Waals surface area contributed by atoms with Crippen LogP contribution in [0.5, 0.6) is 0 Å². The zero-order valence-corrected chi connectivity index (χ0v) is 10.3. The first kappa shape index (κ1) is 13.3. The molecular weight excluding hydrogens is 265 g/mol. The Kier molecular flexibility index (Phi) is 3.31. The van der Waals surface area contributed by atoms with Crippen molar-refractivity contribution in [1.82, 2.24) is 9.55 Å². The Morgan fingerprint density at radius 2 is 2.44 bits per heavy atom. The molecule has 1 aliphatic rings. The molecule has 2 rings (SSSR count). The van der Waals surface area contributed by atoms with E-state index in [-0.39, 0.29) is 12.4 Å². The van der Waals surface area contributed by atoms with Gasteiger partial charge in [0.2, 0.25) is 5.13 Å². The molecule has 3 N–H and O–H groups in total. The number of aromatic nitrogens is 2. The normalized spacial score (nSPS) is 35.9. The monoisotopic (exact) mass is 277 g/mol. The molecular formula is C10H13ClFN3O3. The molecule has 4 unspecified atom stereocenters. The second-order valence-electron chi connectivity index (χ2n) is 4.21. The second-order valence-corrected chi connectivity index (χ2v) is 4.79. The van der Waals surface area contributed by atoms with Crippen molar-refractivity contribution in [2.75, 3.05) is 12.3 Å². The molecule has 0 aromatic carbocycles. The first-order chi connectivity index (χ1) is 8.37. The third kappa shape index (κ3) is 1.98. The number of aliphatic hydroxyl groups is 1.